The molecule has 5 heteroatoms. The molecule has 0 saturated carbocycles. The largest absolute Gasteiger partial charge is 0.415 e. The van der Waals surface area contributed by atoms with Crippen LogP contribution < -0.4 is 0 Å². The van der Waals surface area contributed by atoms with Crippen molar-refractivity contribution in [2.75, 3.05) is 20.1 Å². The summed E-state index contributed by atoms with van der Waals surface area (Å²) in [5.74, 6) is 0. The number of aliphatic hydroxyl groups excluding tert-OH is 1. The number of aliphatic hydroxyl groups is 1. The smallest absolute Gasteiger partial charge is 0.382 e. The average Bonchev–Trinajstić information content (AvgIpc) is 1.97. The first kappa shape index (κ1) is 14.7. The van der Waals surface area contributed by atoms with E-state index in [2.05, 4.69) is 0 Å². The van der Waals surface area contributed by atoms with E-state index in [0.717, 1.165) is 6.42 Å². The molecule has 0 amide bonds. The minimum atomic E-state index is -4.52. The average molecular weight is 227 g/mol. The van der Waals surface area contributed by atoms with Crippen LogP contribution in [0.5, 0.6) is 0 Å². The lowest BCUT2D eigenvalue weighted by Gasteiger charge is -2.25. The molecule has 0 rings (SSSR count). The van der Waals surface area contributed by atoms with E-state index >= 15 is 0 Å². The van der Waals surface area contributed by atoms with Crippen LogP contribution in [0.1, 0.15) is 27.2 Å². The first-order chi connectivity index (χ1) is 6.52. The van der Waals surface area contributed by atoms with Crippen LogP contribution in [-0.2, 0) is 0 Å². The van der Waals surface area contributed by atoms with E-state index in [1.807, 2.05) is 20.8 Å². The van der Waals surface area contributed by atoms with E-state index in [4.69, 9.17) is 5.11 Å². The zero-order chi connectivity index (χ0) is 12.3. The highest BCUT2D eigenvalue weighted by Crippen LogP contribution is 2.22. The maximum Gasteiger partial charge on any atom is 0.415 e. The van der Waals surface area contributed by atoms with E-state index in [1.54, 1.807) is 7.05 Å². The van der Waals surface area contributed by atoms with Gasteiger partial charge < -0.3 is 10.0 Å². The van der Waals surface area contributed by atoms with Crippen molar-refractivity contribution in [3.63, 3.8) is 0 Å². The number of rotatable bonds is 4. The Morgan fingerprint density at radius 3 is 2.00 bits per heavy atom. The molecule has 0 saturated heterocycles. The van der Waals surface area contributed by atoms with Crippen LogP contribution >= 0.6 is 0 Å². The predicted octanol–water partition coefficient (Wildman–Crippen LogP) is 2.28. The molecule has 0 fully saturated rings. The van der Waals surface area contributed by atoms with Crippen molar-refractivity contribution in [2.45, 2.75) is 39.5 Å². The normalized spacial score (nSPS) is 15.8. The fourth-order valence-electron chi connectivity index (χ4n) is 1.02. The minimum absolute atomic E-state index is 0.0947. The summed E-state index contributed by atoms with van der Waals surface area (Å²) in [4.78, 5) is 1.50. The van der Waals surface area contributed by atoms with Crippen LogP contribution in [0.15, 0.2) is 0 Å². The lowest BCUT2D eigenvalue weighted by atomic mass is 9.92. The molecule has 0 bridgehead atoms. The SMILES string of the molecule is CN(CCC(C)(C)C)CC(O)C(F)(F)F. The predicted molar refractivity (Wildman–Crippen MR) is 53.6 cm³/mol. The maximum absolute atomic E-state index is 12.0. The second-order valence-electron chi connectivity index (χ2n) is 5.13. The molecule has 0 aromatic heterocycles. The van der Waals surface area contributed by atoms with Gasteiger partial charge in [0.25, 0.3) is 0 Å². The van der Waals surface area contributed by atoms with E-state index in [0.29, 0.717) is 6.54 Å². The van der Waals surface area contributed by atoms with Crippen molar-refractivity contribution in [2.24, 2.45) is 5.41 Å². The summed E-state index contributed by atoms with van der Waals surface area (Å²) in [5, 5.41) is 8.82. The molecule has 1 N–H and O–H groups in total. The first-order valence-corrected chi connectivity index (χ1v) is 4.96. The van der Waals surface area contributed by atoms with Gasteiger partial charge in [-0.3, -0.25) is 0 Å². The number of hydrogen-bond acceptors (Lipinski definition) is 2. The Kier molecular flexibility index (Phi) is 5.06. The standard InChI is InChI=1S/C10H20F3NO/c1-9(2,3)5-6-14(4)7-8(15)10(11,12)13/h8,15H,5-7H2,1-4H3. The van der Waals surface area contributed by atoms with Crippen LogP contribution in [0.2, 0.25) is 0 Å². The molecule has 0 aromatic rings. The molecular weight excluding hydrogens is 207 g/mol. The van der Waals surface area contributed by atoms with Crippen LogP contribution in [0.4, 0.5) is 13.2 Å². The Morgan fingerprint density at radius 2 is 1.67 bits per heavy atom. The molecule has 0 radical (unpaired) electrons. The van der Waals surface area contributed by atoms with Gasteiger partial charge in [0.15, 0.2) is 6.10 Å². The van der Waals surface area contributed by atoms with Crippen LogP contribution in [0, 0.1) is 5.41 Å². The number of alkyl halides is 3. The molecule has 2 nitrogen and oxygen atoms in total. The monoisotopic (exact) mass is 227 g/mol. The highest BCUT2D eigenvalue weighted by Gasteiger charge is 2.38. The zero-order valence-corrected chi connectivity index (χ0v) is 9.73. The molecule has 1 unspecified atom stereocenters. The van der Waals surface area contributed by atoms with Crippen molar-refractivity contribution in [3.8, 4) is 0 Å². The third-order valence-corrected chi connectivity index (χ3v) is 2.11. The number of likely N-dealkylation sites (N-methyl/N-ethyl adjacent to an activating group) is 1. The summed E-state index contributed by atoms with van der Waals surface area (Å²) in [7, 11) is 1.58. The Balaban J connectivity index is 3.89. The maximum atomic E-state index is 12.0. The summed E-state index contributed by atoms with van der Waals surface area (Å²) in [6.07, 6.45) is -5.97. The van der Waals surface area contributed by atoms with Gasteiger partial charge in [0.1, 0.15) is 0 Å². The molecule has 0 aliphatic carbocycles. The van der Waals surface area contributed by atoms with E-state index < -0.39 is 12.3 Å². The van der Waals surface area contributed by atoms with Crippen molar-refractivity contribution in [1.82, 2.24) is 4.90 Å². The highest BCUT2D eigenvalue weighted by atomic mass is 19.4. The molecule has 92 valence electrons. The van der Waals surface area contributed by atoms with Gasteiger partial charge in [0.05, 0.1) is 0 Å². The number of hydrogen-bond donors (Lipinski definition) is 1. The Labute approximate surface area is 89.1 Å². The van der Waals surface area contributed by atoms with Crippen LogP contribution in [0.3, 0.4) is 0 Å². The fourth-order valence-corrected chi connectivity index (χ4v) is 1.02. The highest BCUT2D eigenvalue weighted by molar-refractivity contribution is 4.71. The van der Waals surface area contributed by atoms with Gasteiger partial charge >= 0.3 is 6.18 Å². The van der Waals surface area contributed by atoms with Crippen molar-refractivity contribution in [1.29, 1.82) is 0 Å². The molecule has 0 aromatic carbocycles. The fraction of sp³-hybridized carbons (Fsp3) is 1.00. The van der Waals surface area contributed by atoms with Gasteiger partial charge in [-0.1, -0.05) is 20.8 Å². The molecule has 0 spiro atoms. The topological polar surface area (TPSA) is 23.5 Å². The van der Waals surface area contributed by atoms with E-state index in [1.165, 1.54) is 4.90 Å². The van der Waals surface area contributed by atoms with Gasteiger partial charge in [-0.2, -0.15) is 13.2 Å². The first-order valence-electron chi connectivity index (χ1n) is 4.96. The summed E-state index contributed by atoms with van der Waals surface area (Å²) in [5.41, 5.74) is 0.0947. The molecule has 0 aliphatic rings. The zero-order valence-electron chi connectivity index (χ0n) is 9.73. The molecule has 1 atom stereocenters. The van der Waals surface area contributed by atoms with Gasteiger partial charge in [-0.25, -0.2) is 0 Å². The lowest BCUT2D eigenvalue weighted by Crippen LogP contribution is -2.40. The van der Waals surface area contributed by atoms with Gasteiger partial charge in [-0.05, 0) is 25.4 Å². The molecular formula is C10H20F3NO. The molecule has 0 heterocycles. The van der Waals surface area contributed by atoms with Crippen LogP contribution in [-0.4, -0.2) is 42.4 Å². The van der Waals surface area contributed by atoms with E-state index in [-0.39, 0.29) is 12.0 Å². The Morgan fingerprint density at radius 1 is 1.20 bits per heavy atom. The number of nitrogens with zero attached hydrogens (tertiary/aromatic N) is 1. The number of halogens is 3. The van der Waals surface area contributed by atoms with Crippen LogP contribution in [0.25, 0.3) is 0 Å². The Bertz CT molecular complexity index is 186. The van der Waals surface area contributed by atoms with E-state index in [9.17, 15) is 13.2 Å². The summed E-state index contributed by atoms with van der Waals surface area (Å²) >= 11 is 0. The van der Waals surface area contributed by atoms with Gasteiger partial charge in [-0.15, -0.1) is 0 Å². The van der Waals surface area contributed by atoms with Crippen molar-refractivity contribution >= 4 is 0 Å². The second kappa shape index (κ2) is 5.16. The molecule has 15 heavy (non-hydrogen) atoms. The minimum Gasteiger partial charge on any atom is -0.382 e. The second-order valence-corrected chi connectivity index (χ2v) is 5.13. The van der Waals surface area contributed by atoms with Gasteiger partial charge in [0.2, 0.25) is 0 Å². The third kappa shape index (κ3) is 7.62. The Hall–Kier alpha value is -0.290. The summed E-state index contributed by atoms with van der Waals surface area (Å²) < 4.78 is 36.0. The van der Waals surface area contributed by atoms with Gasteiger partial charge in [0, 0.05) is 6.54 Å². The lowest BCUT2D eigenvalue weighted by molar-refractivity contribution is -0.207. The quantitative estimate of drug-likeness (QED) is 0.796. The third-order valence-electron chi connectivity index (χ3n) is 2.11. The summed E-state index contributed by atoms with van der Waals surface area (Å²) in [6.45, 7) is 6.28. The van der Waals surface area contributed by atoms with Crippen molar-refractivity contribution < 1.29 is 18.3 Å². The van der Waals surface area contributed by atoms with Crippen molar-refractivity contribution in [3.05, 3.63) is 0 Å². The molecule has 0 aliphatic heterocycles. The summed E-state index contributed by atoms with van der Waals surface area (Å²) in [6, 6.07) is 0.